The van der Waals surface area contributed by atoms with Crippen molar-refractivity contribution in [2.24, 2.45) is 0 Å². The van der Waals surface area contributed by atoms with Crippen LogP contribution in [0.25, 0.3) is 11.1 Å². The van der Waals surface area contributed by atoms with Crippen LogP contribution in [0.15, 0.2) is 48.5 Å². The molecule has 24 heavy (non-hydrogen) atoms. The summed E-state index contributed by atoms with van der Waals surface area (Å²) < 4.78 is 12.0. The van der Waals surface area contributed by atoms with Crippen molar-refractivity contribution in [3.8, 4) is 11.1 Å². The fraction of sp³-hybridized carbons (Fsp3) is 0.333. The van der Waals surface area contributed by atoms with Gasteiger partial charge in [0, 0.05) is 6.07 Å². The zero-order chi connectivity index (χ0) is 17.5. The molecular weight excluding hydrogens is 305 g/mol. The smallest absolute Gasteiger partial charge is 0.399 e. The highest BCUT2D eigenvalue weighted by atomic mass is 16.7. The summed E-state index contributed by atoms with van der Waals surface area (Å²) in [6.07, 6.45) is 0. The molecule has 0 bridgehead atoms. The van der Waals surface area contributed by atoms with E-state index in [4.69, 9.17) is 9.31 Å². The van der Waals surface area contributed by atoms with Gasteiger partial charge in [-0.1, -0.05) is 36.4 Å². The topological polar surface area (TPSA) is 61.6 Å². The Morgan fingerprint density at radius 2 is 1.54 bits per heavy atom. The normalized spacial score (nSPS) is 18.6. The fourth-order valence-electron chi connectivity index (χ4n) is 2.69. The largest absolute Gasteiger partial charge is 0.495 e. The van der Waals surface area contributed by atoms with Gasteiger partial charge in [0.05, 0.1) is 21.7 Å². The molecule has 2 aromatic carbocycles. The van der Waals surface area contributed by atoms with Crippen molar-refractivity contribution in [3.63, 3.8) is 0 Å². The van der Waals surface area contributed by atoms with E-state index in [9.17, 15) is 10.1 Å². The average molecular weight is 325 g/mol. The molecule has 0 unspecified atom stereocenters. The SMILES string of the molecule is CC1(C)OB(c2ccc(-c3ccccc3)c([N+](=O)[O-])c2)OC1(C)C. The molecule has 0 spiro atoms. The summed E-state index contributed by atoms with van der Waals surface area (Å²) in [5.41, 5.74) is 1.13. The molecule has 6 heteroatoms. The number of nitro groups is 1. The van der Waals surface area contributed by atoms with Gasteiger partial charge in [-0.15, -0.1) is 0 Å². The Kier molecular flexibility index (Phi) is 3.97. The Labute approximate surface area is 141 Å². The Hall–Kier alpha value is -2.18. The van der Waals surface area contributed by atoms with E-state index in [0.717, 1.165) is 5.56 Å². The third-order valence-corrected chi connectivity index (χ3v) is 4.83. The van der Waals surface area contributed by atoms with Crippen molar-refractivity contribution in [3.05, 3.63) is 58.6 Å². The van der Waals surface area contributed by atoms with E-state index >= 15 is 0 Å². The first-order chi connectivity index (χ1) is 11.2. The minimum absolute atomic E-state index is 0.0495. The monoisotopic (exact) mass is 325 g/mol. The molecule has 1 aliphatic rings. The van der Waals surface area contributed by atoms with Gasteiger partial charge in [0.15, 0.2) is 0 Å². The van der Waals surface area contributed by atoms with Crippen LogP contribution in [0.2, 0.25) is 0 Å². The Morgan fingerprint density at radius 1 is 0.958 bits per heavy atom. The Bertz CT molecular complexity index is 758. The molecule has 0 aromatic heterocycles. The second kappa shape index (κ2) is 5.72. The van der Waals surface area contributed by atoms with Crippen molar-refractivity contribution < 1.29 is 14.2 Å². The summed E-state index contributed by atoms with van der Waals surface area (Å²) in [6.45, 7) is 7.83. The number of hydrogen-bond acceptors (Lipinski definition) is 4. The van der Waals surface area contributed by atoms with Crippen LogP contribution < -0.4 is 5.46 Å². The number of rotatable bonds is 3. The van der Waals surface area contributed by atoms with Crippen LogP contribution in [0.3, 0.4) is 0 Å². The van der Waals surface area contributed by atoms with Crippen molar-refractivity contribution in [2.75, 3.05) is 0 Å². The van der Waals surface area contributed by atoms with Crippen molar-refractivity contribution in [1.29, 1.82) is 0 Å². The van der Waals surface area contributed by atoms with E-state index in [2.05, 4.69) is 0 Å². The third-order valence-electron chi connectivity index (χ3n) is 4.83. The molecule has 2 aromatic rings. The first-order valence-electron chi connectivity index (χ1n) is 7.91. The molecule has 5 nitrogen and oxygen atoms in total. The minimum atomic E-state index is -0.612. The Balaban J connectivity index is 2.01. The van der Waals surface area contributed by atoms with Gasteiger partial charge < -0.3 is 9.31 Å². The maximum Gasteiger partial charge on any atom is 0.495 e. The zero-order valence-corrected chi connectivity index (χ0v) is 14.3. The second-order valence-corrected chi connectivity index (χ2v) is 6.99. The summed E-state index contributed by atoms with van der Waals surface area (Å²) >= 11 is 0. The predicted molar refractivity (Wildman–Crippen MR) is 94.2 cm³/mol. The molecule has 0 aliphatic carbocycles. The summed E-state index contributed by atoms with van der Waals surface area (Å²) in [6, 6.07) is 14.5. The molecule has 1 aliphatic heterocycles. The summed E-state index contributed by atoms with van der Waals surface area (Å²) in [4.78, 5) is 11.2. The number of nitro benzene ring substituents is 1. The lowest BCUT2D eigenvalue weighted by molar-refractivity contribution is -0.384. The minimum Gasteiger partial charge on any atom is -0.399 e. The molecule has 0 atom stereocenters. The first-order valence-corrected chi connectivity index (χ1v) is 7.91. The molecule has 0 amide bonds. The number of nitrogens with zero attached hydrogens (tertiary/aromatic N) is 1. The van der Waals surface area contributed by atoms with Crippen LogP contribution in [-0.2, 0) is 9.31 Å². The van der Waals surface area contributed by atoms with Crippen LogP contribution in [0.1, 0.15) is 27.7 Å². The summed E-state index contributed by atoms with van der Waals surface area (Å²) in [5, 5.41) is 11.5. The molecule has 1 fully saturated rings. The maximum absolute atomic E-state index is 11.5. The van der Waals surface area contributed by atoms with Crippen molar-refractivity contribution in [2.45, 2.75) is 38.9 Å². The van der Waals surface area contributed by atoms with Gasteiger partial charge in [-0.25, -0.2) is 0 Å². The van der Waals surface area contributed by atoms with Crippen LogP contribution in [-0.4, -0.2) is 23.2 Å². The van der Waals surface area contributed by atoms with E-state index in [0.29, 0.717) is 11.0 Å². The van der Waals surface area contributed by atoms with E-state index < -0.39 is 18.3 Å². The number of benzene rings is 2. The van der Waals surface area contributed by atoms with Gasteiger partial charge in [0.1, 0.15) is 0 Å². The molecule has 1 heterocycles. The van der Waals surface area contributed by atoms with Crippen LogP contribution in [0, 0.1) is 10.1 Å². The van der Waals surface area contributed by atoms with Gasteiger partial charge in [0.2, 0.25) is 0 Å². The summed E-state index contributed by atoms with van der Waals surface area (Å²) in [7, 11) is -0.612. The molecular formula is C18H20BNO4. The van der Waals surface area contributed by atoms with Crippen LogP contribution in [0.4, 0.5) is 5.69 Å². The lowest BCUT2D eigenvalue weighted by Crippen LogP contribution is -2.41. The quantitative estimate of drug-likeness (QED) is 0.492. The van der Waals surface area contributed by atoms with E-state index in [1.807, 2.05) is 64.1 Å². The summed E-state index contributed by atoms with van der Waals surface area (Å²) in [5.74, 6) is 0. The first kappa shape index (κ1) is 16.7. The predicted octanol–water partition coefficient (Wildman–Crippen LogP) is 3.56. The lowest BCUT2D eigenvalue weighted by Gasteiger charge is -2.32. The highest BCUT2D eigenvalue weighted by Gasteiger charge is 2.52. The molecule has 124 valence electrons. The van der Waals surface area contributed by atoms with Gasteiger partial charge in [-0.05, 0) is 44.8 Å². The van der Waals surface area contributed by atoms with E-state index in [1.54, 1.807) is 12.1 Å². The zero-order valence-electron chi connectivity index (χ0n) is 14.3. The highest BCUT2D eigenvalue weighted by molar-refractivity contribution is 6.62. The highest BCUT2D eigenvalue weighted by Crippen LogP contribution is 2.37. The van der Waals surface area contributed by atoms with Crippen LogP contribution >= 0.6 is 0 Å². The van der Waals surface area contributed by atoms with Gasteiger partial charge in [0.25, 0.3) is 5.69 Å². The van der Waals surface area contributed by atoms with Crippen molar-refractivity contribution >= 4 is 18.3 Å². The molecule has 0 saturated carbocycles. The van der Waals surface area contributed by atoms with Crippen molar-refractivity contribution in [1.82, 2.24) is 0 Å². The molecule has 1 saturated heterocycles. The standard InChI is InChI=1S/C18H20BNO4/c1-17(2)18(3,4)24-19(23-17)14-10-11-15(16(12-14)20(21)22)13-8-6-5-7-9-13/h5-12H,1-4H3. The van der Waals surface area contributed by atoms with E-state index in [-0.39, 0.29) is 10.6 Å². The number of hydrogen-bond donors (Lipinski definition) is 0. The molecule has 3 rings (SSSR count). The van der Waals surface area contributed by atoms with Crippen LogP contribution in [0.5, 0.6) is 0 Å². The second-order valence-electron chi connectivity index (χ2n) is 6.99. The average Bonchev–Trinajstić information content (AvgIpc) is 2.75. The fourth-order valence-corrected chi connectivity index (χ4v) is 2.69. The molecule has 0 N–H and O–H groups in total. The van der Waals surface area contributed by atoms with Gasteiger partial charge in [-0.2, -0.15) is 0 Å². The van der Waals surface area contributed by atoms with Gasteiger partial charge >= 0.3 is 7.12 Å². The maximum atomic E-state index is 11.5. The lowest BCUT2D eigenvalue weighted by atomic mass is 9.78. The van der Waals surface area contributed by atoms with Gasteiger partial charge in [-0.3, -0.25) is 10.1 Å². The molecule has 0 radical (unpaired) electrons. The third kappa shape index (κ3) is 2.83. The van der Waals surface area contributed by atoms with E-state index in [1.165, 1.54) is 0 Å². The Morgan fingerprint density at radius 3 is 2.08 bits per heavy atom.